The molecule has 0 aliphatic heterocycles. The molecule has 0 saturated carbocycles. The number of esters is 1. The van der Waals surface area contributed by atoms with Gasteiger partial charge in [-0.1, -0.05) is 20.4 Å². The molecule has 0 N–H and O–H groups in total. The molecule has 0 bridgehead atoms. The second kappa shape index (κ2) is 9.83. The van der Waals surface area contributed by atoms with Gasteiger partial charge in [0.2, 0.25) is 0 Å². The zero-order chi connectivity index (χ0) is 14.0. The van der Waals surface area contributed by atoms with E-state index in [1.807, 2.05) is 6.92 Å². The molecule has 4 nitrogen and oxygen atoms in total. The monoisotopic (exact) mass is 255 g/mol. The minimum absolute atomic E-state index is 0.264. The first-order valence-corrected chi connectivity index (χ1v) is 6.40. The maximum atomic E-state index is 11.0. The molecule has 0 aromatic carbocycles. The van der Waals surface area contributed by atoms with Gasteiger partial charge in [-0.2, -0.15) is 0 Å². The van der Waals surface area contributed by atoms with Crippen molar-refractivity contribution < 1.29 is 14.3 Å². The van der Waals surface area contributed by atoms with E-state index in [0.29, 0.717) is 31.2 Å². The maximum absolute atomic E-state index is 11.0. The van der Waals surface area contributed by atoms with E-state index in [4.69, 9.17) is 9.47 Å². The van der Waals surface area contributed by atoms with E-state index >= 15 is 0 Å². The van der Waals surface area contributed by atoms with Gasteiger partial charge in [-0.25, -0.2) is 4.79 Å². The summed E-state index contributed by atoms with van der Waals surface area (Å²) in [6.07, 6.45) is 1.10. The molecule has 1 unspecified atom stereocenters. The zero-order valence-electron chi connectivity index (χ0n) is 12.0. The molecule has 0 spiro atoms. The maximum Gasteiger partial charge on any atom is 0.333 e. The quantitative estimate of drug-likeness (QED) is 0.275. The summed E-state index contributed by atoms with van der Waals surface area (Å²) in [6, 6.07) is 0. The van der Waals surface area contributed by atoms with Crippen molar-refractivity contribution in [3.8, 4) is 0 Å². The normalized spacial score (nSPS) is 13.2. The van der Waals surface area contributed by atoms with Crippen LogP contribution < -0.4 is 0 Å². The highest BCUT2D eigenvalue weighted by atomic mass is 16.6. The van der Waals surface area contributed by atoms with Crippen LogP contribution in [0.15, 0.2) is 17.1 Å². The molecular weight excluding hydrogens is 230 g/mol. The fourth-order valence-electron chi connectivity index (χ4n) is 1.16. The fraction of sp³-hybridized carbons (Fsp3) is 0.714. The molecule has 0 aromatic heterocycles. The van der Waals surface area contributed by atoms with Gasteiger partial charge in [0.05, 0.1) is 19.8 Å². The number of nitrogens with zero attached hydrogens (tertiary/aromatic N) is 1. The predicted molar refractivity (Wildman–Crippen MR) is 74.0 cm³/mol. The summed E-state index contributed by atoms with van der Waals surface area (Å²) in [5.41, 5.74) is 1.57. The van der Waals surface area contributed by atoms with Gasteiger partial charge in [0.15, 0.2) is 0 Å². The Labute approximate surface area is 110 Å². The van der Waals surface area contributed by atoms with E-state index in [1.165, 1.54) is 0 Å². The SMILES string of the molecule is C=C(C)C(=O)OCCOCCN=C(C)C(C)CC. The van der Waals surface area contributed by atoms with Crippen LogP contribution in [0.4, 0.5) is 0 Å². The van der Waals surface area contributed by atoms with Crippen molar-refractivity contribution in [1.82, 2.24) is 0 Å². The van der Waals surface area contributed by atoms with Gasteiger partial charge in [-0.05, 0) is 26.2 Å². The van der Waals surface area contributed by atoms with Crippen LogP contribution in [-0.4, -0.2) is 38.0 Å². The van der Waals surface area contributed by atoms with Crippen LogP contribution in [0.3, 0.4) is 0 Å². The van der Waals surface area contributed by atoms with Gasteiger partial charge in [0, 0.05) is 11.3 Å². The van der Waals surface area contributed by atoms with Crippen molar-refractivity contribution in [3.05, 3.63) is 12.2 Å². The van der Waals surface area contributed by atoms with Crippen molar-refractivity contribution in [2.24, 2.45) is 10.9 Å². The Balaban J connectivity index is 3.52. The van der Waals surface area contributed by atoms with Crippen molar-refractivity contribution in [2.45, 2.75) is 34.1 Å². The lowest BCUT2D eigenvalue weighted by atomic mass is 10.0. The van der Waals surface area contributed by atoms with Crippen LogP contribution in [0.2, 0.25) is 0 Å². The number of ether oxygens (including phenoxy) is 2. The lowest BCUT2D eigenvalue weighted by Crippen LogP contribution is -2.13. The van der Waals surface area contributed by atoms with Crippen LogP contribution in [0.5, 0.6) is 0 Å². The minimum Gasteiger partial charge on any atom is -0.460 e. The minimum atomic E-state index is -0.371. The highest BCUT2D eigenvalue weighted by Crippen LogP contribution is 2.03. The molecular formula is C14H25NO3. The molecule has 0 saturated heterocycles. The number of rotatable bonds is 9. The van der Waals surface area contributed by atoms with E-state index in [9.17, 15) is 4.79 Å². The third kappa shape index (κ3) is 8.01. The Morgan fingerprint density at radius 2 is 1.94 bits per heavy atom. The molecule has 4 heteroatoms. The number of hydrogen-bond acceptors (Lipinski definition) is 4. The van der Waals surface area contributed by atoms with Crippen molar-refractivity contribution in [2.75, 3.05) is 26.4 Å². The summed E-state index contributed by atoms with van der Waals surface area (Å²) in [4.78, 5) is 15.5. The summed E-state index contributed by atoms with van der Waals surface area (Å²) >= 11 is 0. The van der Waals surface area contributed by atoms with E-state index in [2.05, 4.69) is 25.4 Å². The molecule has 0 amide bonds. The molecule has 18 heavy (non-hydrogen) atoms. The standard InChI is InChI=1S/C14H25NO3/c1-6-12(4)13(5)15-7-8-17-9-10-18-14(16)11(2)3/h12H,2,6-10H2,1,3-5H3. The number of carbonyl (C=O) groups is 1. The topological polar surface area (TPSA) is 47.9 Å². The highest BCUT2D eigenvalue weighted by Gasteiger charge is 2.02. The predicted octanol–water partition coefficient (Wildman–Crippen LogP) is 2.63. The first-order chi connectivity index (χ1) is 8.49. The van der Waals surface area contributed by atoms with E-state index in [0.717, 1.165) is 12.1 Å². The molecule has 0 aromatic rings. The fourth-order valence-corrected chi connectivity index (χ4v) is 1.16. The molecule has 0 rings (SSSR count). The number of hydrogen-bond donors (Lipinski definition) is 0. The number of carbonyl (C=O) groups excluding carboxylic acids is 1. The second-order valence-electron chi connectivity index (χ2n) is 4.36. The number of aliphatic imine (C=N–C) groups is 1. The van der Waals surface area contributed by atoms with Crippen molar-refractivity contribution in [3.63, 3.8) is 0 Å². The van der Waals surface area contributed by atoms with Gasteiger partial charge in [-0.15, -0.1) is 0 Å². The third-order valence-corrected chi connectivity index (χ3v) is 2.73. The Morgan fingerprint density at radius 1 is 1.28 bits per heavy atom. The van der Waals surface area contributed by atoms with Crippen molar-refractivity contribution >= 4 is 11.7 Å². The average Bonchev–Trinajstić information content (AvgIpc) is 2.35. The Bertz CT molecular complexity index is 297. The van der Waals surface area contributed by atoms with Gasteiger partial charge in [0.25, 0.3) is 0 Å². The van der Waals surface area contributed by atoms with Gasteiger partial charge >= 0.3 is 5.97 Å². The molecule has 0 radical (unpaired) electrons. The van der Waals surface area contributed by atoms with Gasteiger partial charge in [0.1, 0.15) is 6.61 Å². The van der Waals surface area contributed by atoms with Crippen LogP contribution in [0, 0.1) is 5.92 Å². The largest absolute Gasteiger partial charge is 0.460 e. The van der Waals surface area contributed by atoms with Crippen LogP contribution in [0.1, 0.15) is 34.1 Å². The lowest BCUT2D eigenvalue weighted by Gasteiger charge is -2.08. The summed E-state index contributed by atoms with van der Waals surface area (Å²) < 4.78 is 10.2. The first kappa shape index (κ1) is 16.8. The Kier molecular flexibility index (Phi) is 9.19. The summed E-state index contributed by atoms with van der Waals surface area (Å²) in [5, 5.41) is 0. The van der Waals surface area contributed by atoms with Crippen LogP contribution in [0.25, 0.3) is 0 Å². The first-order valence-electron chi connectivity index (χ1n) is 6.40. The van der Waals surface area contributed by atoms with Gasteiger partial charge in [-0.3, -0.25) is 4.99 Å². The summed E-state index contributed by atoms with van der Waals surface area (Å²) in [7, 11) is 0. The summed E-state index contributed by atoms with van der Waals surface area (Å²) in [5.74, 6) is 0.158. The van der Waals surface area contributed by atoms with Gasteiger partial charge < -0.3 is 9.47 Å². The second-order valence-corrected chi connectivity index (χ2v) is 4.36. The zero-order valence-corrected chi connectivity index (χ0v) is 12.0. The third-order valence-electron chi connectivity index (χ3n) is 2.73. The Morgan fingerprint density at radius 3 is 2.50 bits per heavy atom. The molecule has 0 aliphatic carbocycles. The van der Waals surface area contributed by atoms with E-state index < -0.39 is 0 Å². The van der Waals surface area contributed by atoms with E-state index in [1.54, 1.807) is 6.92 Å². The molecule has 0 fully saturated rings. The van der Waals surface area contributed by atoms with Crippen LogP contribution in [-0.2, 0) is 14.3 Å². The van der Waals surface area contributed by atoms with Crippen LogP contribution >= 0.6 is 0 Å². The highest BCUT2D eigenvalue weighted by molar-refractivity contribution is 5.86. The van der Waals surface area contributed by atoms with E-state index in [-0.39, 0.29) is 12.6 Å². The molecule has 1 atom stereocenters. The molecule has 0 heterocycles. The molecule has 104 valence electrons. The van der Waals surface area contributed by atoms with Crippen molar-refractivity contribution in [1.29, 1.82) is 0 Å². The summed E-state index contributed by atoms with van der Waals surface area (Å²) in [6.45, 7) is 13.3. The lowest BCUT2D eigenvalue weighted by molar-refractivity contribution is -0.140. The average molecular weight is 255 g/mol. The Hall–Kier alpha value is -1.16. The smallest absolute Gasteiger partial charge is 0.333 e. The molecule has 0 aliphatic rings.